The van der Waals surface area contributed by atoms with Crippen molar-refractivity contribution in [1.82, 2.24) is 9.62 Å². The minimum atomic E-state index is -3.65. The number of hydrogen-bond donors (Lipinski definition) is 1. The molecule has 8 heteroatoms. The molecule has 186 valence electrons. The van der Waals surface area contributed by atoms with E-state index in [0.717, 1.165) is 37.4 Å². The molecule has 7 nitrogen and oxygen atoms in total. The standard InChI is InChI=1S/C27H34N4O3S/c1-29(2)23-11-9-22(10-12-23)27(21-28-35(32,33)26-15-13-25(34-3)14-16-26)31-19-17-30(18-20-31)24-7-5-4-6-8-24/h4-16,27-28H,17-21H2,1-3H3/t27-/m0/s1. The number of anilines is 2. The number of hydrogen-bond acceptors (Lipinski definition) is 6. The third kappa shape index (κ3) is 6.14. The Morgan fingerprint density at radius 2 is 1.51 bits per heavy atom. The second kappa shape index (κ2) is 11.1. The average molecular weight is 495 g/mol. The quantitative estimate of drug-likeness (QED) is 0.490. The van der Waals surface area contributed by atoms with Gasteiger partial charge in [0.2, 0.25) is 10.0 Å². The number of methoxy groups -OCH3 is 1. The summed E-state index contributed by atoms with van der Waals surface area (Å²) in [6, 6.07) is 25.2. The van der Waals surface area contributed by atoms with Crippen LogP contribution in [0.25, 0.3) is 0 Å². The van der Waals surface area contributed by atoms with E-state index in [-0.39, 0.29) is 10.9 Å². The summed E-state index contributed by atoms with van der Waals surface area (Å²) in [5.41, 5.74) is 3.43. The lowest BCUT2D eigenvalue weighted by Crippen LogP contribution is -2.49. The van der Waals surface area contributed by atoms with Crippen LogP contribution in [0, 0.1) is 0 Å². The van der Waals surface area contributed by atoms with Crippen molar-refractivity contribution >= 4 is 21.4 Å². The van der Waals surface area contributed by atoms with Gasteiger partial charge in [0.05, 0.1) is 12.0 Å². The summed E-state index contributed by atoms with van der Waals surface area (Å²) in [5, 5.41) is 0. The highest BCUT2D eigenvalue weighted by atomic mass is 32.2. The van der Waals surface area contributed by atoms with Crippen molar-refractivity contribution in [2.24, 2.45) is 0 Å². The molecule has 0 amide bonds. The first-order valence-corrected chi connectivity index (χ1v) is 13.3. The van der Waals surface area contributed by atoms with E-state index in [9.17, 15) is 8.42 Å². The Morgan fingerprint density at radius 1 is 0.886 bits per heavy atom. The van der Waals surface area contributed by atoms with Gasteiger partial charge in [-0.15, -0.1) is 0 Å². The van der Waals surface area contributed by atoms with E-state index in [0.29, 0.717) is 12.3 Å². The van der Waals surface area contributed by atoms with Crippen LogP contribution in [-0.2, 0) is 10.0 Å². The van der Waals surface area contributed by atoms with E-state index in [2.05, 4.69) is 68.0 Å². The van der Waals surface area contributed by atoms with Crippen molar-refractivity contribution in [3.63, 3.8) is 0 Å². The number of para-hydroxylation sites is 1. The van der Waals surface area contributed by atoms with Gasteiger partial charge in [0.15, 0.2) is 0 Å². The molecule has 0 spiro atoms. The van der Waals surface area contributed by atoms with Gasteiger partial charge in [0.1, 0.15) is 5.75 Å². The van der Waals surface area contributed by atoms with Crippen molar-refractivity contribution in [1.29, 1.82) is 0 Å². The second-order valence-electron chi connectivity index (χ2n) is 8.89. The Labute approximate surface area is 209 Å². The normalized spacial score (nSPS) is 15.6. The van der Waals surface area contributed by atoms with Crippen molar-refractivity contribution in [2.75, 3.05) is 63.7 Å². The smallest absolute Gasteiger partial charge is 0.240 e. The van der Waals surface area contributed by atoms with Crippen molar-refractivity contribution < 1.29 is 13.2 Å². The summed E-state index contributed by atoms with van der Waals surface area (Å²) < 4.78 is 34.1. The van der Waals surface area contributed by atoms with Gasteiger partial charge in [0, 0.05) is 64.2 Å². The Bertz CT molecular complexity index is 1180. The molecule has 0 unspecified atom stereocenters. The molecule has 4 rings (SSSR count). The molecule has 3 aromatic rings. The Hall–Kier alpha value is -3.07. The van der Waals surface area contributed by atoms with Crippen LogP contribution in [-0.4, -0.2) is 67.2 Å². The fourth-order valence-electron chi connectivity index (χ4n) is 4.41. The van der Waals surface area contributed by atoms with E-state index in [4.69, 9.17) is 4.74 Å². The zero-order valence-electron chi connectivity index (χ0n) is 20.6. The molecule has 35 heavy (non-hydrogen) atoms. The Kier molecular flexibility index (Phi) is 7.95. The predicted octanol–water partition coefficient (Wildman–Crippen LogP) is 3.60. The first kappa shape index (κ1) is 25.0. The van der Waals surface area contributed by atoms with Gasteiger partial charge >= 0.3 is 0 Å². The Morgan fingerprint density at radius 3 is 2.09 bits per heavy atom. The number of nitrogens with zero attached hydrogens (tertiary/aromatic N) is 3. The van der Waals surface area contributed by atoms with Crippen molar-refractivity contribution in [3.05, 3.63) is 84.4 Å². The summed E-state index contributed by atoms with van der Waals surface area (Å²) in [6.45, 7) is 3.77. The van der Waals surface area contributed by atoms with Gasteiger partial charge in [0.25, 0.3) is 0 Å². The summed E-state index contributed by atoms with van der Waals surface area (Å²) in [4.78, 5) is 7.04. The molecule has 0 bridgehead atoms. The maximum Gasteiger partial charge on any atom is 0.240 e. The zero-order valence-corrected chi connectivity index (χ0v) is 21.4. The average Bonchev–Trinajstić information content (AvgIpc) is 2.90. The molecule has 1 N–H and O–H groups in total. The summed E-state index contributed by atoms with van der Waals surface area (Å²) >= 11 is 0. The van der Waals surface area contributed by atoms with E-state index in [1.165, 1.54) is 5.69 Å². The van der Waals surface area contributed by atoms with Gasteiger partial charge in [-0.25, -0.2) is 13.1 Å². The van der Waals surface area contributed by atoms with Gasteiger partial charge in [-0.1, -0.05) is 30.3 Å². The molecular weight excluding hydrogens is 460 g/mol. The number of sulfonamides is 1. The van der Waals surface area contributed by atoms with Crippen LogP contribution in [0.3, 0.4) is 0 Å². The molecule has 0 saturated carbocycles. The molecule has 0 radical (unpaired) electrons. The highest BCUT2D eigenvalue weighted by Crippen LogP contribution is 2.26. The van der Waals surface area contributed by atoms with Crippen LogP contribution in [0.4, 0.5) is 11.4 Å². The molecule has 1 fully saturated rings. The van der Waals surface area contributed by atoms with Gasteiger partial charge in [-0.3, -0.25) is 4.90 Å². The van der Waals surface area contributed by atoms with Crippen LogP contribution in [0.5, 0.6) is 5.75 Å². The van der Waals surface area contributed by atoms with E-state index >= 15 is 0 Å². The third-order valence-corrected chi connectivity index (χ3v) is 7.95. The summed E-state index contributed by atoms with van der Waals surface area (Å²) in [5.74, 6) is 0.624. The molecule has 0 aliphatic carbocycles. The van der Waals surface area contributed by atoms with E-state index in [1.54, 1.807) is 31.4 Å². The maximum atomic E-state index is 13.0. The van der Waals surface area contributed by atoms with Crippen LogP contribution in [0.1, 0.15) is 11.6 Å². The van der Waals surface area contributed by atoms with Crippen molar-refractivity contribution in [2.45, 2.75) is 10.9 Å². The van der Waals surface area contributed by atoms with Gasteiger partial charge < -0.3 is 14.5 Å². The molecule has 0 aromatic heterocycles. The molecule has 1 atom stereocenters. The number of piperazine rings is 1. The molecule has 3 aromatic carbocycles. The number of rotatable bonds is 9. The number of nitrogens with one attached hydrogen (secondary N) is 1. The molecular formula is C27H34N4O3S. The lowest BCUT2D eigenvalue weighted by molar-refractivity contribution is 0.187. The monoisotopic (exact) mass is 494 g/mol. The number of benzene rings is 3. The summed E-state index contributed by atoms with van der Waals surface area (Å²) in [6.07, 6.45) is 0. The van der Waals surface area contributed by atoms with Crippen LogP contribution in [0.2, 0.25) is 0 Å². The maximum absolute atomic E-state index is 13.0. The SMILES string of the molecule is COc1ccc(S(=O)(=O)NC[C@@H](c2ccc(N(C)C)cc2)N2CCN(c3ccccc3)CC2)cc1. The molecule has 1 heterocycles. The second-order valence-corrected chi connectivity index (χ2v) is 10.7. The van der Waals surface area contributed by atoms with Crippen molar-refractivity contribution in [3.8, 4) is 5.75 Å². The fraction of sp³-hybridized carbons (Fsp3) is 0.333. The fourth-order valence-corrected chi connectivity index (χ4v) is 5.45. The van der Waals surface area contributed by atoms with Crippen LogP contribution < -0.4 is 19.3 Å². The topological polar surface area (TPSA) is 65.1 Å². The first-order chi connectivity index (χ1) is 16.9. The largest absolute Gasteiger partial charge is 0.497 e. The predicted molar refractivity (Wildman–Crippen MR) is 142 cm³/mol. The number of ether oxygens (including phenoxy) is 1. The summed E-state index contributed by atoms with van der Waals surface area (Å²) in [7, 11) is 1.93. The first-order valence-electron chi connectivity index (χ1n) is 11.8. The molecule has 1 aliphatic rings. The lowest BCUT2D eigenvalue weighted by Gasteiger charge is -2.40. The van der Waals surface area contributed by atoms with Crippen LogP contribution in [0.15, 0.2) is 83.8 Å². The minimum Gasteiger partial charge on any atom is -0.497 e. The minimum absolute atomic E-state index is 0.0721. The highest BCUT2D eigenvalue weighted by molar-refractivity contribution is 7.89. The molecule has 1 saturated heterocycles. The zero-order chi connectivity index (χ0) is 24.8. The van der Waals surface area contributed by atoms with E-state index < -0.39 is 10.0 Å². The Balaban J connectivity index is 1.51. The van der Waals surface area contributed by atoms with Gasteiger partial charge in [-0.05, 0) is 54.1 Å². The third-order valence-electron chi connectivity index (χ3n) is 6.51. The van der Waals surface area contributed by atoms with E-state index in [1.807, 2.05) is 20.2 Å². The van der Waals surface area contributed by atoms with Crippen LogP contribution >= 0.6 is 0 Å². The highest BCUT2D eigenvalue weighted by Gasteiger charge is 2.27. The molecule has 1 aliphatic heterocycles. The lowest BCUT2D eigenvalue weighted by atomic mass is 10.0. The van der Waals surface area contributed by atoms with Gasteiger partial charge in [-0.2, -0.15) is 0 Å².